The Bertz CT molecular complexity index is 3940. The van der Waals surface area contributed by atoms with Gasteiger partial charge < -0.3 is 89.8 Å². The second-order valence-electron chi connectivity index (χ2n) is 29.8. The summed E-state index contributed by atoms with van der Waals surface area (Å²) in [6, 6.07) is 36.6. The third-order valence-corrected chi connectivity index (χ3v) is 21.8. The Balaban J connectivity index is 0.796. The molecule has 29 nitrogen and oxygen atoms in total. The topological polar surface area (TPSA) is 447 Å². The summed E-state index contributed by atoms with van der Waals surface area (Å²) in [6.45, 7) is -2.57. The van der Waals surface area contributed by atoms with E-state index in [1.807, 2.05) is 121 Å². The van der Waals surface area contributed by atoms with Gasteiger partial charge in [0.25, 0.3) is 17.7 Å². The number of hydrogen-bond acceptors (Lipinski definition) is 17. The van der Waals surface area contributed by atoms with E-state index in [-0.39, 0.29) is 135 Å². The van der Waals surface area contributed by atoms with Crippen LogP contribution in [0, 0.1) is 23.7 Å². The van der Waals surface area contributed by atoms with Crippen molar-refractivity contribution in [1.82, 2.24) is 57.7 Å². The quantitative estimate of drug-likeness (QED) is 0.0248. The summed E-state index contributed by atoms with van der Waals surface area (Å²) in [5, 5.41) is 45.3. The monoisotopic (exact) mass is 1510 g/mol. The van der Waals surface area contributed by atoms with Gasteiger partial charge in [0.15, 0.2) is 6.61 Å². The van der Waals surface area contributed by atoms with Crippen molar-refractivity contribution < 1.29 is 72.5 Å². The van der Waals surface area contributed by atoms with Gasteiger partial charge in [0.2, 0.25) is 47.3 Å². The normalized spacial score (nSPS) is 23.6. The summed E-state index contributed by atoms with van der Waals surface area (Å²) in [5.74, 6) is -12.8. The first-order valence-electron chi connectivity index (χ1n) is 38.4. The molecule has 29 heteroatoms. The first-order valence-corrected chi connectivity index (χ1v) is 38.4. The third kappa shape index (κ3) is 21.4. The Labute approximate surface area is 638 Å². The van der Waals surface area contributed by atoms with Gasteiger partial charge in [0.05, 0.1) is 42.4 Å². The van der Waals surface area contributed by atoms with Gasteiger partial charge in [-0.2, -0.15) is 0 Å². The molecular weight excluding hydrogens is 1410 g/mol. The molecule has 16 atom stereocenters. The molecule has 5 aromatic rings. The molecule has 2 saturated heterocycles. The number of carboxylic acid groups (broad SMARTS) is 1. The van der Waals surface area contributed by atoms with E-state index in [0.29, 0.717) is 70.8 Å². The van der Waals surface area contributed by atoms with Crippen LogP contribution in [0.1, 0.15) is 150 Å². The zero-order valence-corrected chi connectivity index (χ0v) is 61.6. The minimum absolute atomic E-state index is 0.000939. The molecule has 0 radical (unpaired) electrons. The standard InChI is InChI=1S/C81H102N14O15/c82-32-16-13-27-61(76(103)87-62(28-14-17-33-83)77(104)89-63(81(108)109)29-15-18-34-84)88-78(105)68(45-96)86-70(97)40-85-71(98)46-110-69-35-51(79(106)94-41-57(72(99)90-64-36-53(64)47-19-5-1-6-20-47)58(42-94)73(100)91-65-37-54(65)48-21-7-2-8-22-48)30-31-52(69)80(107)95-43-59(74(101)92-66-38-55(66)49-23-9-3-10-24-49)60(44-95)75(102)93-67-39-56(67)50-25-11-4-12-26-50/h1-12,19-26,30-31,35,53-68,96H,13-18,27-29,32-34,36-46,82-84H2,(H,85,98)(H,86,97)(H,87,103)(H,88,105)(H,89,104)(H,90,99)(H,91,100)(H,92,101)(H,93,102)(H,108,109)/t53-,54-,55-,56-,57-,58-,59-,60-,61+,62+,63+,64+,65+,66+,67+,68+/m1/s1. The number of nitrogens with zero attached hydrogens (tertiary/aromatic N) is 2. The van der Waals surface area contributed by atoms with Crippen LogP contribution in [0.15, 0.2) is 140 Å². The van der Waals surface area contributed by atoms with E-state index in [1.165, 1.54) is 28.0 Å². The maximum atomic E-state index is 15.3. The van der Waals surface area contributed by atoms with Crippen molar-refractivity contribution in [3.63, 3.8) is 0 Å². The van der Waals surface area contributed by atoms with Crippen LogP contribution in [0.25, 0.3) is 0 Å². The first-order chi connectivity index (χ1) is 53.2. The minimum Gasteiger partial charge on any atom is -0.483 e. The molecule has 11 rings (SSSR count). The van der Waals surface area contributed by atoms with Gasteiger partial charge in [-0.3, -0.25) is 52.7 Å². The number of ether oxygens (including phenoxy) is 1. The molecule has 4 aliphatic carbocycles. The van der Waals surface area contributed by atoms with Crippen LogP contribution < -0.4 is 69.8 Å². The Kier molecular flexibility index (Phi) is 27.9. The lowest BCUT2D eigenvalue weighted by Gasteiger charge is -2.26. The molecule has 0 unspecified atom stereocenters. The van der Waals surface area contributed by atoms with E-state index in [9.17, 15) is 58.2 Å². The van der Waals surface area contributed by atoms with Gasteiger partial charge in [-0.15, -0.1) is 0 Å². The molecule has 110 heavy (non-hydrogen) atoms. The van der Waals surface area contributed by atoms with Crippen molar-refractivity contribution in [2.45, 2.75) is 155 Å². The van der Waals surface area contributed by atoms with Crippen molar-refractivity contribution >= 4 is 70.9 Å². The van der Waals surface area contributed by atoms with E-state index in [0.717, 1.165) is 22.3 Å². The Morgan fingerprint density at radius 3 is 1.12 bits per heavy atom. The summed E-state index contributed by atoms with van der Waals surface area (Å²) in [5.41, 5.74) is 21.1. The highest BCUT2D eigenvalue weighted by Crippen LogP contribution is 2.45. The Hall–Kier alpha value is -10.6. The maximum absolute atomic E-state index is 15.3. The van der Waals surface area contributed by atoms with Gasteiger partial charge >= 0.3 is 5.97 Å². The zero-order valence-electron chi connectivity index (χ0n) is 61.6. The number of aliphatic carboxylic acids is 1. The molecule has 11 amide bonds. The second kappa shape index (κ2) is 38.1. The summed E-state index contributed by atoms with van der Waals surface area (Å²) in [7, 11) is 0. The summed E-state index contributed by atoms with van der Waals surface area (Å²) < 4.78 is 6.16. The molecule has 4 saturated carbocycles. The highest BCUT2D eigenvalue weighted by Gasteiger charge is 2.52. The summed E-state index contributed by atoms with van der Waals surface area (Å²) in [4.78, 5) is 172. The van der Waals surface area contributed by atoms with E-state index < -0.39 is 127 Å². The minimum atomic E-state index is -1.69. The zero-order chi connectivity index (χ0) is 78.0. The van der Waals surface area contributed by atoms with Crippen molar-refractivity contribution in [3.05, 3.63) is 173 Å². The maximum Gasteiger partial charge on any atom is 0.326 e. The van der Waals surface area contributed by atoms with E-state index >= 15 is 9.59 Å². The van der Waals surface area contributed by atoms with Crippen LogP contribution in [0.2, 0.25) is 0 Å². The van der Waals surface area contributed by atoms with Crippen LogP contribution in [0.3, 0.4) is 0 Å². The number of nitrogens with one attached hydrogen (secondary N) is 9. The molecular formula is C81H102N14O15. The lowest BCUT2D eigenvalue weighted by Crippen LogP contribution is -2.58. The van der Waals surface area contributed by atoms with Gasteiger partial charge in [0.1, 0.15) is 29.9 Å². The van der Waals surface area contributed by atoms with Crippen LogP contribution >= 0.6 is 0 Å². The molecule has 0 bridgehead atoms. The predicted octanol–water partition coefficient (Wildman–Crippen LogP) is 1.65. The molecule has 6 fully saturated rings. The van der Waals surface area contributed by atoms with Gasteiger partial charge in [-0.05, 0) is 144 Å². The Morgan fingerprint density at radius 1 is 0.418 bits per heavy atom. The number of unbranched alkanes of at least 4 members (excludes halogenated alkanes) is 3. The highest BCUT2D eigenvalue weighted by molar-refractivity contribution is 6.03. The third-order valence-electron chi connectivity index (χ3n) is 21.8. The van der Waals surface area contributed by atoms with E-state index in [4.69, 9.17) is 21.9 Å². The number of rotatable bonds is 40. The molecule has 17 N–H and O–H groups in total. The molecule has 6 aliphatic rings. The Morgan fingerprint density at radius 2 is 0.764 bits per heavy atom. The summed E-state index contributed by atoms with van der Waals surface area (Å²) >= 11 is 0. The number of hydrogen-bond donors (Lipinski definition) is 14. The van der Waals surface area contributed by atoms with Crippen LogP contribution in [0.4, 0.5) is 0 Å². The average molecular weight is 1510 g/mol. The molecule has 0 aromatic heterocycles. The van der Waals surface area contributed by atoms with Crippen LogP contribution in [-0.4, -0.2) is 205 Å². The SMILES string of the molecule is NCCCC[C@H](NC(=O)[C@H](CCCCN)NC(=O)[C@H](CCCCN)NC(=O)[C@H](CO)NC(=O)CNC(=O)COc1cc(C(=O)N2C[C@@H](C(=O)N[C@H]3C[C@@H]3c3ccccc3)[C@H](C(=O)N[C@H]3C[C@@H]3c3ccccc3)C2)ccc1C(=O)N1C[C@@H](C(=O)N[C@H]2C[C@@H]2c2ccccc2)[C@H](C(=O)N[C@H]2C[C@@H]2c2ccccc2)C1)C(=O)O. The van der Waals surface area contributed by atoms with Gasteiger partial charge in [0, 0.05) is 79.6 Å². The number of nitrogens with two attached hydrogens (primary N) is 3. The fourth-order valence-corrected chi connectivity index (χ4v) is 15.1. The fraction of sp³-hybridized carbons (Fsp3) is 0.481. The van der Waals surface area contributed by atoms with Gasteiger partial charge in [-0.25, -0.2) is 4.79 Å². The van der Waals surface area contributed by atoms with E-state index in [2.05, 4.69) is 47.9 Å². The number of benzene rings is 5. The molecule has 0 spiro atoms. The van der Waals surface area contributed by atoms with Crippen molar-refractivity contribution in [2.24, 2.45) is 40.9 Å². The number of carboxylic acids is 1. The first kappa shape index (κ1) is 80.4. The lowest BCUT2D eigenvalue weighted by atomic mass is 9.94. The lowest BCUT2D eigenvalue weighted by molar-refractivity contribution is -0.142. The number of amides is 11. The molecule has 5 aromatic carbocycles. The van der Waals surface area contributed by atoms with Crippen LogP contribution in [-0.2, 0) is 47.9 Å². The van der Waals surface area contributed by atoms with Crippen molar-refractivity contribution in [1.29, 1.82) is 0 Å². The molecule has 2 heterocycles. The van der Waals surface area contributed by atoms with Crippen LogP contribution in [0.5, 0.6) is 5.75 Å². The van der Waals surface area contributed by atoms with Gasteiger partial charge in [-0.1, -0.05) is 121 Å². The molecule has 586 valence electrons. The molecule has 2 aliphatic heterocycles. The number of carbonyl (C=O) groups is 12. The number of aliphatic hydroxyl groups is 1. The fourth-order valence-electron chi connectivity index (χ4n) is 15.1. The number of aliphatic hydroxyl groups excluding tert-OH is 1. The number of likely N-dealkylation sites (tertiary alicyclic amines) is 2. The average Bonchev–Trinajstić information content (AvgIpc) is 1.63. The predicted molar refractivity (Wildman–Crippen MR) is 405 cm³/mol. The smallest absolute Gasteiger partial charge is 0.326 e. The van der Waals surface area contributed by atoms with E-state index in [1.54, 1.807) is 0 Å². The largest absolute Gasteiger partial charge is 0.483 e. The van der Waals surface area contributed by atoms with Crippen molar-refractivity contribution in [2.75, 3.05) is 65.6 Å². The summed E-state index contributed by atoms with van der Waals surface area (Å²) in [6.07, 6.45) is 5.41. The number of carbonyl (C=O) groups excluding carboxylic acids is 11. The highest BCUT2D eigenvalue weighted by atomic mass is 16.5. The second-order valence-corrected chi connectivity index (χ2v) is 29.8. The van der Waals surface area contributed by atoms with Crippen molar-refractivity contribution in [3.8, 4) is 5.75 Å².